The van der Waals surface area contributed by atoms with Crippen LogP contribution in [0.3, 0.4) is 0 Å². The number of likely N-dealkylation sites (tertiary alicyclic amines) is 1. The summed E-state index contributed by atoms with van der Waals surface area (Å²) < 4.78 is 4.78. The first kappa shape index (κ1) is 15.4. The molecule has 2 unspecified atom stereocenters. The highest BCUT2D eigenvalue weighted by Crippen LogP contribution is 2.25. The van der Waals surface area contributed by atoms with Crippen molar-refractivity contribution in [3.63, 3.8) is 0 Å². The van der Waals surface area contributed by atoms with E-state index >= 15 is 0 Å². The minimum absolute atomic E-state index is 0.116. The molecular weight excluding hydrogens is 294 g/mol. The molecule has 0 radical (unpaired) electrons. The standard InChI is InChI=1S/C14H19NO3S2/c1-10-6-15(7-12(10)14(17)18-2)13(16)9-19-8-11-4-3-5-20-11/h3-5,10,12H,6-9H2,1-2H3. The van der Waals surface area contributed by atoms with Crippen molar-refractivity contribution in [2.75, 3.05) is 26.0 Å². The monoisotopic (exact) mass is 313 g/mol. The number of hydrogen-bond donors (Lipinski definition) is 0. The molecule has 2 rings (SSSR count). The zero-order valence-electron chi connectivity index (χ0n) is 11.7. The molecule has 1 aromatic rings. The molecule has 1 fully saturated rings. The molecule has 2 heterocycles. The predicted octanol–water partition coefficient (Wildman–Crippen LogP) is 2.25. The highest BCUT2D eigenvalue weighted by molar-refractivity contribution is 7.99. The van der Waals surface area contributed by atoms with Crippen molar-refractivity contribution in [3.05, 3.63) is 22.4 Å². The largest absolute Gasteiger partial charge is 0.469 e. The maximum Gasteiger partial charge on any atom is 0.310 e. The minimum atomic E-state index is -0.209. The maximum absolute atomic E-state index is 12.1. The maximum atomic E-state index is 12.1. The average molecular weight is 313 g/mol. The summed E-state index contributed by atoms with van der Waals surface area (Å²) in [7, 11) is 1.40. The van der Waals surface area contributed by atoms with Gasteiger partial charge in [-0.2, -0.15) is 0 Å². The molecule has 1 aliphatic heterocycles. The SMILES string of the molecule is COC(=O)C1CN(C(=O)CSCc2cccs2)CC1C. The third kappa shape index (κ3) is 3.76. The van der Waals surface area contributed by atoms with Gasteiger partial charge in [0.15, 0.2) is 0 Å². The fraction of sp³-hybridized carbons (Fsp3) is 0.571. The van der Waals surface area contributed by atoms with Gasteiger partial charge in [-0.05, 0) is 17.4 Å². The predicted molar refractivity (Wildman–Crippen MR) is 81.7 cm³/mol. The van der Waals surface area contributed by atoms with Gasteiger partial charge in [0, 0.05) is 23.7 Å². The third-order valence-electron chi connectivity index (χ3n) is 3.52. The Balaban J connectivity index is 1.77. The number of ether oxygens (including phenoxy) is 1. The fourth-order valence-electron chi connectivity index (χ4n) is 2.35. The van der Waals surface area contributed by atoms with Gasteiger partial charge >= 0.3 is 5.97 Å². The van der Waals surface area contributed by atoms with E-state index in [0.29, 0.717) is 18.8 Å². The first-order valence-corrected chi connectivity index (χ1v) is 8.61. The molecule has 0 saturated carbocycles. The highest BCUT2D eigenvalue weighted by Gasteiger charge is 2.37. The van der Waals surface area contributed by atoms with Crippen molar-refractivity contribution in [2.24, 2.45) is 11.8 Å². The van der Waals surface area contributed by atoms with Crippen LogP contribution < -0.4 is 0 Å². The summed E-state index contributed by atoms with van der Waals surface area (Å²) >= 11 is 3.33. The molecule has 0 bridgehead atoms. The van der Waals surface area contributed by atoms with Gasteiger partial charge < -0.3 is 9.64 Å². The van der Waals surface area contributed by atoms with Gasteiger partial charge in [0.2, 0.25) is 5.91 Å². The second-order valence-electron chi connectivity index (χ2n) is 4.98. The van der Waals surface area contributed by atoms with Crippen molar-refractivity contribution in [3.8, 4) is 0 Å². The Hall–Kier alpha value is -1.01. The van der Waals surface area contributed by atoms with Crippen LogP contribution in [-0.4, -0.2) is 42.7 Å². The van der Waals surface area contributed by atoms with Crippen molar-refractivity contribution < 1.29 is 14.3 Å². The quantitative estimate of drug-likeness (QED) is 0.782. The highest BCUT2D eigenvalue weighted by atomic mass is 32.2. The molecule has 1 amide bonds. The van der Waals surface area contributed by atoms with Crippen LogP contribution in [-0.2, 0) is 20.1 Å². The first-order chi connectivity index (χ1) is 9.61. The number of hydrogen-bond acceptors (Lipinski definition) is 5. The minimum Gasteiger partial charge on any atom is -0.469 e. The van der Waals surface area contributed by atoms with E-state index < -0.39 is 0 Å². The lowest BCUT2D eigenvalue weighted by Gasteiger charge is -2.15. The van der Waals surface area contributed by atoms with Crippen molar-refractivity contribution in [2.45, 2.75) is 12.7 Å². The van der Waals surface area contributed by atoms with Gasteiger partial charge in [-0.25, -0.2) is 0 Å². The van der Waals surface area contributed by atoms with E-state index in [4.69, 9.17) is 4.74 Å². The molecule has 20 heavy (non-hydrogen) atoms. The summed E-state index contributed by atoms with van der Waals surface area (Å²) in [6.45, 7) is 3.14. The van der Waals surface area contributed by atoms with Crippen LogP contribution in [0.5, 0.6) is 0 Å². The van der Waals surface area contributed by atoms with Crippen molar-refractivity contribution >= 4 is 35.0 Å². The number of nitrogens with zero attached hydrogens (tertiary/aromatic N) is 1. The topological polar surface area (TPSA) is 46.6 Å². The summed E-state index contributed by atoms with van der Waals surface area (Å²) in [6.07, 6.45) is 0. The molecule has 2 atom stereocenters. The number of amides is 1. The van der Waals surface area contributed by atoms with E-state index in [2.05, 4.69) is 6.07 Å². The van der Waals surface area contributed by atoms with Gasteiger partial charge in [0.05, 0.1) is 18.8 Å². The van der Waals surface area contributed by atoms with Crippen LogP contribution in [0.2, 0.25) is 0 Å². The number of carbonyl (C=O) groups is 2. The number of rotatable bonds is 5. The molecule has 4 nitrogen and oxygen atoms in total. The zero-order chi connectivity index (χ0) is 14.5. The molecule has 0 aliphatic carbocycles. The number of esters is 1. The molecule has 0 spiro atoms. The fourth-order valence-corrected chi connectivity index (χ4v) is 4.12. The Bertz CT molecular complexity index is 461. The molecule has 1 aliphatic rings. The van der Waals surface area contributed by atoms with Gasteiger partial charge in [-0.3, -0.25) is 9.59 Å². The molecule has 1 aromatic heterocycles. The van der Waals surface area contributed by atoms with Crippen molar-refractivity contribution in [1.29, 1.82) is 0 Å². The first-order valence-electron chi connectivity index (χ1n) is 6.57. The van der Waals surface area contributed by atoms with Crippen LogP contribution in [0, 0.1) is 11.8 Å². The summed E-state index contributed by atoms with van der Waals surface area (Å²) in [6, 6.07) is 4.10. The lowest BCUT2D eigenvalue weighted by Crippen LogP contribution is -2.31. The average Bonchev–Trinajstić information content (AvgIpc) is 3.07. The van der Waals surface area contributed by atoms with E-state index in [1.807, 2.05) is 18.4 Å². The molecule has 0 aromatic carbocycles. The van der Waals surface area contributed by atoms with Gasteiger partial charge in [-0.1, -0.05) is 13.0 Å². The number of thioether (sulfide) groups is 1. The van der Waals surface area contributed by atoms with Crippen molar-refractivity contribution in [1.82, 2.24) is 4.90 Å². The molecule has 6 heteroatoms. The van der Waals surface area contributed by atoms with Crippen LogP contribution in [0.15, 0.2) is 17.5 Å². The molecule has 0 N–H and O–H groups in total. The Kier molecular flexibility index (Phi) is 5.48. The van der Waals surface area contributed by atoms with Crippen LogP contribution >= 0.6 is 23.1 Å². The van der Waals surface area contributed by atoms with E-state index in [0.717, 1.165) is 5.75 Å². The number of thiophene rings is 1. The van der Waals surface area contributed by atoms with Crippen LogP contribution in [0.25, 0.3) is 0 Å². The second kappa shape index (κ2) is 7.13. The van der Waals surface area contributed by atoms with Gasteiger partial charge in [0.25, 0.3) is 0 Å². The summed E-state index contributed by atoms with van der Waals surface area (Å²) in [4.78, 5) is 26.8. The Morgan fingerprint density at radius 1 is 1.50 bits per heavy atom. The second-order valence-corrected chi connectivity index (χ2v) is 7.00. The zero-order valence-corrected chi connectivity index (χ0v) is 13.3. The Morgan fingerprint density at radius 3 is 2.95 bits per heavy atom. The van der Waals surface area contributed by atoms with Crippen LogP contribution in [0.1, 0.15) is 11.8 Å². The summed E-state index contributed by atoms with van der Waals surface area (Å²) in [5, 5.41) is 2.04. The van der Waals surface area contributed by atoms with E-state index in [9.17, 15) is 9.59 Å². The Morgan fingerprint density at radius 2 is 2.30 bits per heavy atom. The third-order valence-corrected chi connectivity index (χ3v) is 5.54. The van der Waals surface area contributed by atoms with E-state index in [-0.39, 0.29) is 23.7 Å². The molecule has 110 valence electrons. The molecule has 1 saturated heterocycles. The van der Waals surface area contributed by atoms with E-state index in [1.54, 1.807) is 28.0 Å². The normalized spacial score (nSPS) is 22.0. The summed E-state index contributed by atoms with van der Waals surface area (Å²) in [5.41, 5.74) is 0. The Labute approximate surface area is 127 Å². The van der Waals surface area contributed by atoms with Crippen LogP contribution in [0.4, 0.5) is 0 Å². The summed E-state index contributed by atoms with van der Waals surface area (Å²) in [5.74, 6) is 1.25. The van der Waals surface area contributed by atoms with Gasteiger partial charge in [0.1, 0.15) is 0 Å². The lowest BCUT2D eigenvalue weighted by atomic mass is 9.99. The number of methoxy groups -OCH3 is 1. The van der Waals surface area contributed by atoms with Gasteiger partial charge in [-0.15, -0.1) is 23.1 Å². The molecular formula is C14H19NO3S2. The number of carbonyl (C=O) groups excluding carboxylic acids is 2. The van der Waals surface area contributed by atoms with E-state index in [1.165, 1.54) is 12.0 Å². The smallest absolute Gasteiger partial charge is 0.310 e. The lowest BCUT2D eigenvalue weighted by molar-refractivity contribution is -0.146.